The zero-order valence-corrected chi connectivity index (χ0v) is 12.4. The number of sulfonamides is 1. The number of hydrogen-bond donors (Lipinski definition) is 1. The summed E-state index contributed by atoms with van der Waals surface area (Å²) in [5.74, 6) is 1.05. The fourth-order valence-electron chi connectivity index (χ4n) is 1.57. The maximum absolute atomic E-state index is 11.5. The van der Waals surface area contributed by atoms with Crippen LogP contribution in [-0.2, 0) is 10.0 Å². The summed E-state index contributed by atoms with van der Waals surface area (Å²) in [6.45, 7) is 1.98. The normalized spacial score (nSPS) is 11.1. The van der Waals surface area contributed by atoms with Crippen LogP contribution < -0.4 is 9.46 Å². The van der Waals surface area contributed by atoms with Crippen LogP contribution in [0.15, 0.2) is 48.5 Å². The molecule has 20 heavy (non-hydrogen) atoms. The molecule has 0 aliphatic rings. The van der Waals surface area contributed by atoms with E-state index in [0.717, 1.165) is 5.56 Å². The second-order valence-electron chi connectivity index (χ2n) is 4.24. The van der Waals surface area contributed by atoms with E-state index in [1.807, 2.05) is 31.2 Å². The third-order valence-corrected chi connectivity index (χ3v) is 4.23. The maximum Gasteiger partial charge on any atom is 0.246 e. The molecule has 6 heteroatoms. The Labute approximate surface area is 123 Å². The zero-order valence-electron chi connectivity index (χ0n) is 10.8. The van der Waals surface area contributed by atoms with Gasteiger partial charge in [0.15, 0.2) is 5.75 Å². The van der Waals surface area contributed by atoms with Gasteiger partial charge in [0.1, 0.15) is 11.0 Å². The molecule has 0 aliphatic carbocycles. The lowest BCUT2D eigenvalue weighted by Gasteiger charge is -2.12. The first kappa shape index (κ1) is 14.7. The molecule has 1 N–H and O–H groups in total. The summed E-state index contributed by atoms with van der Waals surface area (Å²) in [4.78, 5) is 0. The lowest BCUT2D eigenvalue weighted by molar-refractivity contribution is 0.484. The number of rotatable bonds is 5. The van der Waals surface area contributed by atoms with Crippen LogP contribution in [0, 0.1) is 6.92 Å². The first-order valence-corrected chi connectivity index (χ1v) is 8.09. The van der Waals surface area contributed by atoms with Crippen molar-refractivity contribution in [2.45, 2.75) is 6.92 Å². The molecule has 0 unspecified atom stereocenters. The topological polar surface area (TPSA) is 55.4 Å². The Bertz CT molecular complexity index is 684. The number of benzene rings is 2. The lowest BCUT2D eigenvalue weighted by Crippen LogP contribution is -2.13. The molecule has 0 bridgehead atoms. The second-order valence-corrected chi connectivity index (χ2v) is 6.54. The van der Waals surface area contributed by atoms with Gasteiger partial charge in [0.2, 0.25) is 10.0 Å². The highest BCUT2D eigenvalue weighted by atomic mass is 35.5. The Morgan fingerprint density at radius 1 is 1.10 bits per heavy atom. The monoisotopic (exact) mass is 311 g/mol. The quantitative estimate of drug-likeness (QED) is 0.856. The van der Waals surface area contributed by atoms with E-state index in [-0.39, 0.29) is 0 Å². The molecule has 0 heterocycles. The van der Waals surface area contributed by atoms with Crippen LogP contribution in [-0.4, -0.2) is 13.6 Å². The average molecular weight is 312 g/mol. The van der Waals surface area contributed by atoms with Gasteiger partial charge in [-0.15, -0.1) is 11.6 Å². The van der Waals surface area contributed by atoms with Crippen LogP contribution in [0.25, 0.3) is 0 Å². The number of para-hydroxylation sites is 2. The summed E-state index contributed by atoms with van der Waals surface area (Å²) in [6, 6.07) is 14.3. The van der Waals surface area contributed by atoms with Crippen molar-refractivity contribution in [3.63, 3.8) is 0 Å². The van der Waals surface area contributed by atoms with Gasteiger partial charge in [0.05, 0.1) is 5.69 Å². The molecule has 0 fully saturated rings. The molecular weight excluding hydrogens is 298 g/mol. The molecule has 0 saturated heterocycles. The highest BCUT2D eigenvalue weighted by Crippen LogP contribution is 2.30. The number of alkyl halides is 1. The Kier molecular flexibility index (Phi) is 4.52. The van der Waals surface area contributed by atoms with Crippen molar-refractivity contribution in [2.24, 2.45) is 0 Å². The largest absolute Gasteiger partial charge is 0.455 e. The van der Waals surface area contributed by atoms with E-state index < -0.39 is 15.2 Å². The smallest absolute Gasteiger partial charge is 0.246 e. The minimum atomic E-state index is -3.56. The first-order valence-electron chi connectivity index (χ1n) is 5.90. The minimum Gasteiger partial charge on any atom is -0.455 e. The maximum atomic E-state index is 11.5. The van der Waals surface area contributed by atoms with E-state index >= 15 is 0 Å². The van der Waals surface area contributed by atoms with E-state index in [0.29, 0.717) is 17.2 Å². The van der Waals surface area contributed by atoms with E-state index in [1.54, 1.807) is 24.3 Å². The van der Waals surface area contributed by atoms with Crippen molar-refractivity contribution in [3.05, 3.63) is 54.1 Å². The molecule has 0 spiro atoms. The summed E-state index contributed by atoms with van der Waals surface area (Å²) < 4.78 is 31.1. The number of anilines is 1. The van der Waals surface area contributed by atoms with E-state index in [9.17, 15) is 8.42 Å². The Morgan fingerprint density at radius 3 is 2.40 bits per heavy atom. The molecular formula is C14H14ClNO3S. The van der Waals surface area contributed by atoms with E-state index in [1.165, 1.54) is 0 Å². The van der Waals surface area contributed by atoms with Gasteiger partial charge in [-0.3, -0.25) is 4.72 Å². The summed E-state index contributed by atoms with van der Waals surface area (Å²) >= 11 is 5.38. The predicted octanol–water partition coefficient (Wildman–Crippen LogP) is 3.73. The second kappa shape index (κ2) is 6.15. The molecule has 0 aliphatic heterocycles. The number of halogens is 1. The highest BCUT2D eigenvalue weighted by Gasteiger charge is 2.12. The van der Waals surface area contributed by atoms with Gasteiger partial charge in [0, 0.05) is 0 Å². The molecule has 4 nitrogen and oxygen atoms in total. The fraction of sp³-hybridized carbons (Fsp3) is 0.143. The fourth-order valence-corrected chi connectivity index (χ4v) is 2.29. The summed E-state index contributed by atoms with van der Waals surface area (Å²) in [5.41, 5.74) is 1.47. The van der Waals surface area contributed by atoms with Gasteiger partial charge < -0.3 is 4.74 Å². The Morgan fingerprint density at radius 2 is 1.75 bits per heavy atom. The SMILES string of the molecule is Cc1ccc(Oc2ccccc2NS(=O)(=O)CCl)cc1. The van der Waals surface area contributed by atoms with Crippen LogP contribution >= 0.6 is 11.6 Å². The Hall–Kier alpha value is -1.72. The van der Waals surface area contributed by atoms with Crippen LogP contribution in [0.2, 0.25) is 0 Å². The number of ether oxygens (including phenoxy) is 1. The van der Waals surface area contributed by atoms with Gasteiger partial charge in [0.25, 0.3) is 0 Å². The van der Waals surface area contributed by atoms with E-state index in [2.05, 4.69) is 4.72 Å². The third kappa shape index (κ3) is 3.88. The lowest BCUT2D eigenvalue weighted by atomic mass is 10.2. The summed E-state index contributed by atoms with van der Waals surface area (Å²) in [6.07, 6.45) is 0. The molecule has 0 aromatic heterocycles. The van der Waals surface area contributed by atoms with Gasteiger partial charge in [-0.25, -0.2) is 8.42 Å². The minimum absolute atomic E-state index is 0.355. The van der Waals surface area contributed by atoms with Gasteiger partial charge in [-0.1, -0.05) is 29.8 Å². The molecule has 106 valence electrons. The van der Waals surface area contributed by atoms with E-state index in [4.69, 9.17) is 16.3 Å². The number of nitrogens with one attached hydrogen (secondary N) is 1. The molecule has 0 saturated carbocycles. The third-order valence-electron chi connectivity index (χ3n) is 2.54. The van der Waals surface area contributed by atoms with Gasteiger partial charge in [-0.05, 0) is 31.2 Å². The number of hydrogen-bond acceptors (Lipinski definition) is 3. The molecule has 2 rings (SSSR count). The van der Waals surface area contributed by atoms with Gasteiger partial charge >= 0.3 is 0 Å². The summed E-state index contributed by atoms with van der Waals surface area (Å²) in [7, 11) is -3.56. The van der Waals surface area contributed by atoms with Crippen LogP contribution in [0.3, 0.4) is 0 Å². The predicted molar refractivity (Wildman–Crippen MR) is 81.0 cm³/mol. The molecule has 0 radical (unpaired) electrons. The Balaban J connectivity index is 2.26. The van der Waals surface area contributed by atoms with Gasteiger partial charge in [-0.2, -0.15) is 0 Å². The van der Waals surface area contributed by atoms with Crippen molar-refractivity contribution >= 4 is 27.3 Å². The highest BCUT2D eigenvalue weighted by molar-refractivity contribution is 7.93. The standard InChI is InChI=1S/C14H14ClNO3S/c1-11-6-8-12(9-7-11)19-14-5-3-2-4-13(14)16-20(17,18)10-15/h2-9,16H,10H2,1H3. The van der Waals surface area contributed by atoms with Crippen molar-refractivity contribution in [1.29, 1.82) is 0 Å². The van der Waals surface area contributed by atoms with Crippen molar-refractivity contribution in [1.82, 2.24) is 0 Å². The summed E-state index contributed by atoms with van der Waals surface area (Å²) in [5, 5.41) is -0.508. The average Bonchev–Trinajstić information content (AvgIpc) is 2.43. The van der Waals surface area contributed by atoms with Crippen molar-refractivity contribution < 1.29 is 13.2 Å². The molecule has 2 aromatic rings. The first-order chi connectivity index (χ1) is 9.50. The van der Waals surface area contributed by atoms with Crippen LogP contribution in [0.5, 0.6) is 11.5 Å². The zero-order chi connectivity index (χ0) is 14.6. The molecule has 2 aromatic carbocycles. The van der Waals surface area contributed by atoms with Crippen molar-refractivity contribution in [2.75, 3.05) is 9.93 Å². The number of aryl methyl sites for hydroxylation is 1. The van der Waals surface area contributed by atoms with Crippen molar-refractivity contribution in [3.8, 4) is 11.5 Å². The van der Waals surface area contributed by atoms with Crippen LogP contribution in [0.4, 0.5) is 5.69 Å². The molecule has 0 atom stereocenters. The molecule has 0 amide bonds. The van der Waals surface area contributed by atoms with Crippen LogP contribution in [0.1, 0.15) is 5.56 Å².